The monoisotopic (exact) mass is 353 g/mol. The fourth-order valence-electron chi connectivity index (χ4n) is 2.12. The molecule has 0 aliphatic heterocycles. The van der Waals surface area contributed by atoms with Crippen LogP contribution in [0.25, 0.3) is 0 Å². The summed E-state index contributed by atoms with van der Waals surface area (Å²) in [6.07, 6.45) is 0. The Morgan fingerprint density at radius 2 is 1.36 bits per heavy atom. The van der Waals surface area contributed by atoms with Gasteiger partial charge in [-0.15, -0.1) is 0 Å². The molecule has 0 amide bonds. The number of para-hydroxylation sites is 1. The van der Waals surface area contributed by atoms with Crippen LogP contribution in [0.5, 0.6) is 0 Å². The van der Waals surface area contributed by atoms with Crippen LogP contribution >= 0.6 is 0 Å². The lowest BCUT2D eigenvalue weighted by Gasteiger charge is -2.05. The zero-order valence-corrected chi connectivity index (χ0v) is 13.9. The Labute approximate surface area is 145 Å². The Bertz CT molecular complexity index is 986. The molecule has 0 aliphatic carbocycles. The SMILES string of the molecule is O=S(=O)(O)c1cccc(/N=N/c2ccc(Nc3ccccc3)cc2)c1. The summed E-state index contributed by atoms with van der Waals surface area (Å²) < 4.78 is 31.3. The second-order valence-corrected chi connectivity index (χ2v) is 6.63. The predicted octanol–water partition coefficient (Wildman–Crippen LogP) is 5.09. The van der Waals surface area contributed by atoms with Crippen LogP contribution in [0.15, 0.2) is 94.0 Å². The molecule has 2 N–H and O–H groups in total. The molecule has 0 radical (unpaired) electrons. The van der Waals surface area contributed by atoms with E-state index in [2.05, 4.69) is 15.5 Å². The highest BCUT2D eigenvalue weighted by Crippen LogP contribution is 2.23. The Kier molecular flexibility index (Phi) is 4.87. The summed E-state index contributed by atoms with van der Waals surface area (Å²) in [6, 6.07) is 22.7. The number of azo groups is 1. The minimum atomic E-state index is -4.25. The second-order valence-electron chi connectivity index (χ2n) is 5.21. The van der Waals surface area contributed by atoms with Crippen molar-refractivity contribution in [1.29, 1.82) is 0 Å². The predicted molar refractivity (Wildman–Crippen MR) is 96.6 cm³/mol. The van der Waals surface area contributed by atoms with Gasteiger partial charge in [0.25, 0.3) is 10.1 Å². The van der Waals surface area contributed by atoms with Crippen LogP contribution in [-0.4, -0.2) is 13.0 Å². The standard InChI is InChI=1S/C18H15N3O3S/c22-25(23,24)18-8-4-7-17(13-18)21-20-16-11-9-15(10-12-16)19-14-5-2-1-3-6-14/h1-13,19H,(H,22,23,24)/b21-20+. The topological polar surface area (TPSA) is 91.1 Å². The lowest BCUT2D eigenvalue weighted by molar-refractivity contribution is 0.483. The lowest BCUT2D eigenvalue weighted by Crippen LogP contribution is -1.96. The Hall–Kier alpha value is -3.03. The zero-order valence-electron chi connectivity index (χ0n) is 13.1. The molecule has 7 heteroatoms. The van der Waals surface area contributed by atoms with E-state index in [1.807, 2.05) is 42.5 Å². The van der Waals surface area contributed by atoms with E-state index in [-0.39, 0.29) is 4.90 Å². The van der Waals surface area contributed by atoms with Gasteiger partial charge < -0.3 is 5.32 Å². The summed E-state index contributed by atoms with van der Waals surface area (Å²) in [5.74, 6) is 0. The molecule has 3 rings (SSSR count). The van der Waals surface area contributed by atoms with Gasteiger partial charge in [0.2, 0.25) is 0 Å². The van der Waals surface area contributed by atoms with Crippen molar-refractivity contribution in [3.8, 4) is 0 Å². The van der Waals surface area contributed by atoms with Crippen molar-refractivity contribution in [2.75, 3.05) is 5.32 Å². The molecule has 126 valence electrons. The lowest BCUT2D eigenvalue weighted by atomic mass is 10.2. The first kappa shape index (κ1) is 16.8. The first-order valence-electron chi connectivity index (χ1n) is 7.42. The quantitative estimate of drug-likeness (QED) is 0.493. The molecule has 3 aromatic carbocycles. The minimum Gasteiger partial charge on any atom is -0.356 e. The normalized spacial score (nSPS) is 11.6. The first-order valence-corrected chi connectivity index (χ1v) is 8.86. The molecule has 0 fully saturated rings. The van der Waals surface area contributed by atoms with Gasteiger partial charge in [-0.05, 0) is 54.6 Å². The highest BCUT2D eigenvalue weighted by Gasteiger charge is 2.09. The van der Waals surface area contributed by atoms with Crippen LogP contribution in [0, 0.1) is 0 Å². The van der Waals surface area contributed by atoms with E-state index in [0.717, 1.165) is 11.4 Å². The zero-order chi connectivity index (χ0) is 17.7. The van der Waals surface area contributed by atoms with Gasteiger partial charge in [0.15, 0.2) is 0 Å². The average molecular weight is 353 g/mol. The summed E-state index contributed by atoms with van der Waals surface area (Å²) in [7, 11) is -4.25. The van der Waals surface area contributed by atoms with Gasteiger partial charge in [0, 0.05) is 11.4 Å². The molecule has 0 atom stereocenters. The highest BCUT2D eigenvalue weighted by atomic mass is 32.2. The average Bonchev–Trinajstić information content (AvgIpc) is 2.62. The molecule has 0 heterocycles. The van der Waals surface area contributed by atoms with Gasteiger partial charge in [-0.25, -0.2) is 0 Å². The van der Waals surface area contributed by atoms with Gasteiger partial charge in [-0.2, -0.15) is 18.6 Å². The molecule has 0 saturated carbocycles. The van der Waals surface area contributed by atoms with E-state index in [1.54, 1.807) is 18.2 Å². The van der Waals surface area contributed by atoms with Crippen molar-refractivity contribution < 1.29 is 13.0 Å². The summed E-state index contributed by atoms with van der Waals surface area (Å²) in [6.45, 7) is 0. The van der Waals surface area contributed by atoms with E-state index in [1.165, 1.54) is 18.2 Å². The summed E-state index contributed by atoms with van der Waals surface area (Å²) in [5.41, 5.74) is 2.86. The number of anilines is 2. The number of hydrogen-bond acceptors (Lipinski definition) is 5. The summed E-state index contributed by atoms with van der Waals surface area (Å²) in [4.78, 5) is -0.216. The van der Waals surface area contributed by atoms with E-state index in [9.17, 15) is 8.42 Å². The molecule has 0 spiro atoms. The van der Waals surface area contributed by atoms with E-state index in [4.69, 9.17) is 4.55 Å². The molecule has 0 saturated heterocycles. The number of nitrogens with zero attached hydrogens (tertiary/aromatic N) is 2. The molecule has 25 heavy (non-hydrogen) atoms. The molecule has 0 aromatic heterocycles. The third-order valence-electron chi connectivity index (χ3n) is 3.33. The molecule has 3 aromatic rings. The molecule has 6 nitrogen and oxygen atoms in total. The first-order chi connectivity index (χ1) is 12.0. The van der Waals surface area contributed by atoms with Crippen molar-refractivity contribution in [2.45, 2.75) is 4.90 Å². The summed E-state index contributed by atoms with van der Waals surface area (Å²) >= 11 is 0. The van der Waals surface area contributed by atoms with Crippen LogP contribution < -0.4 is 5.32 Å². The van der Waals surface area contributed by atoms with Crippen LogP contribution in [0.1, 0.15) is 0 Å². The molecule has 0 unspecified atom stereocenters. The maximum atomic E-state index is 11.1. The van der Waals surface area contributed by atoms with Crippen LogP contribution in [0.3, 0.4) is 0 Å². The third-order valence-corrected chi connectivity index (χ3v) is 4.18. The molecule has 0 bridgehead atoms. The Morgan fingerprint density at radius 1 is 0.720 bits per heavy atom. The number of rotatable bonds is 5. The van der Waals surface area contributed by atoms with E-state index in [0.29, 0.717) is 11.4 Å². The van der Waals surface area contributed by atoms with Gasteiger partial charge in [0.1, 0.15) is 0 Å². The molecular weight excluding hydrogens is 338 g/mol. The van der Waals surface area contributed by atoms with E-state index < -0.39 is 10.1 Å². The van der Waals surface area contributed by atoms with Gasteiger partial charge >= 0.3 is 0 Å². The van der Waals surface area contributed by atoms with Crippen molar-refractivity contribution >= 4 is 32.9 Å². The largest absolute Gasteiger partial charge is 0.356 e. The second kappa shape index (κ2) is 7.25. The van der Waals surface area contributed by atoms with Crippen LogP contribution in [0.2, 0.25) is 0 Å². The van der Waals surface area contributed by atoms with Crippen molar-refractivity contribution in [3.05, 3.63) is 78.9 Å². The minimum absolute atomic E-state index is 0.216. The third kappa shape index (κ3) is 4.72. The van der Waals surface area contributed by atoms with Crippen molar-refractivity contribution in [3.63, 3.8) is 0 Å². The maximum absolute atomic E-state index is 11.1. The Morgan fingerprint density at radius 3 is 2.04 bits per heavy atom. The van der Waals surface area contributed by atoms with Gasteiger partial charge in [-0.1, -0.05) is 24.3 Å². The summed E-state index contributed by atoms with van der Waals surface area (Å²) in [5, 5.41) is 11.3. The van der Waals surface area contributed by atoms with Crippen LogP contribution in [0.4, 0.5) is 22.7 Å². The fraction of sp³-hybridized carbons (Fsp3) is 0. The maximum Gasteiger partial charge on any atom is 0.294 e. The smallest absolute Gasteiger partial charge is 0.294 e. The van der Waals surface area contributed by atoms with Crippen molar-refractivity contribution in [1.82, 2.24) is 0 Å². The highest BCUT2D eigenvalue weighted by molar-refractivity contribution is 7.85. The van der Waals surface area contributed by atoms with Gasteiger partial charge in [-0.3, -0.25) is 4.55 Å². The Balaban J connectivity index is 1.72. The number of benzene rings is 3. The number of nitrogens with one attached hydrogen (secondary N) is 1. The van der Waals surface area contributed by atoms with Crippen LogP contribution in [-0.2, 0) is 10.1 Å². The van der Waals surface area contributed by atoms with Crippen molar-refractivity contribution in [2.24, 2.45) is 10.2 Å². The number of hydrogen-bond donors (Lipinski definition) is 2. The van der Waals surface area contributed by atoms with Gasteiger partial charge in [0.05, 0.1) is 16.3 Å². The molecule has 0 aliphatic rings. The fourth-order valence-corrected chi connectivity index (χ4v) is 2.64. The molecular formula is C18H15N3O3S. The van der Waals surface area contributed by atoms with E-state index >= 15 is 0 Å².